The Labute approximate surface area is 172 Å². The van der Waals surface area contributed by atoms with E-state index < -0.39 is 0 Å². The molecule has 3 aromatic rings. The third-order valence-electron chi connectivity index (χ3n) is 4.84. The normalized spacial score (nSPS) is 16.5. The summed E-state index contributed by atoms with van der Waals surface area (Å²) in [5.74, 6) is 0.302. The molecule has 0 saturated carbocycles. The zero-order chi connectivity index (χ0) is 20.2. The highest BCUT2D eigenvalue weighted by Crippen LogP contribution is 2.34. The lowest BCUT2D eigenvalue weighted by molar-refractivity contribution is -0.126. The van der Waals surface area contributed by atoms with Crippen LogP contribution in [0.15, 0.2) is 36.9 Å². The van der Waals surface area contributed by atoms with Gasteiger partial charge in [0.25, 0.3) is 0 Å². The summed E-state index contributed by atoms with van der Waals surface area (Å²) < 4.78 is 8.46. The minimum atomic E-state index is -0.346. The highest BCUT2D eigenvalue weighted by atomic mass is 32.1. The van der Waals surface area contributed by atoms with Crippen LogP contribution >= 0.6 is 11.3 Å². The minimum Gasteiger partial charge on any atom is -0.494 e. The second-order valence-electron chi connectivity index (χ2n) is 6.91. The van der Waals surface area contributed by atoms with E-state index in [2.05, 4.69) is 15.3 Å². The topological polar surface area (TPSA) is 89.3 Å². The van der Waals surface area contributed by atoms with Gasteiger partial charge in [-0.05, 0) is 31.5 Å². The van der Waals surface area contributed by atoms with Gasteiger partial charge in [-0.2, -0.15) is 0 Å². The molecule has 1 aliphatic rings. The molecule has 0 spiro atoms. The molecule has 0 radical (unpaired) electrons. The van der Waals surface area contributed by atoms with E-state index in [0.717, 1.165) is 28.9 Å². The Balaban J connectivity index is 1.34. The molecule has 3 heterocycles. The third-order valence-corrected chi connectivity index (χ3v) is 5.88. The number of aryl methyl sites for hydroxylation is 1. The summed E-state index contributed by atoms with van der Waals surface area (Å²) in [4.78, 5) is 35.2. The summed E-state index contributed by atoms with van der Waals surface area (Å²) in [5.41, 5.74) is 0.827. The van der Waals surface area contributed by atoms with Gasteiger partial charge in [0, 0.05) is 38.4 Å². The summed E-state index contributed by atoms with van der Waals surface area (Å²) in [5, 5.41) is 3.58. The van der Waals surface area contributed by atoms with Crippen molar-refractivity contribution < 1.29 is 14.3 Å². The summed E-state index contributed by atoms with van der Waals surface area (Å²) in [6.07, 6.45) is 6.41. The number of amides is 2. The lowest BCUT2D eigenvalue weighted by atomic mass is 10.1. The van der Waals surface area contributed by atoms with E-state index in [1.165, 1.54) is 11.3 Å². The average molecular weight is 414 g/mol. The zero-order valence-corrected chi connectivity index (χ0v) is 17.0. The van der Waals surface area contributed by atoms with Crippen LogP contribution in [-0.2, 0) is 16.1 Å². The van der Waals surface area contributed by atoms with Crippen LogP contribution in [0, 0.1) is 5.92 Å². The first-order valence-corrected chi connectivity index (χ1v) is 10.5. The highest BCUT2D eigenvalue weighted by molar-refractivity contribution is 7.22. The van der Waals surface area contributed by atoms with Gasteiger partial charge in [0.05, 0.1) is 29.1 Å². The predicted octanol–water partition coefficient (Wildman–Crippen LogP) is 2.45. The van der Waals surface area contributed by atoms with E-state index in [1.807, 2.05) is 35.9 Å². The molecule has 0 aliphatic carbocycles. The quantitative estimate of drug-likeness (QED) is 0.573. The molecule has 0 bridgehead atoms. The SMILES string of the molecule is CCOc1ccc2nc(N3CC(C(=O)NCCCn4ccnc4)CC3=O)sc2c1. The maximum atomic E-state index is 12.5. The maximum Gasteiger partial charge on any atom is 0.229 e. The lowest BCUT2D eigenvalue weighted by Gasteiger charge is -2.13. The smallest absolute Gasteiger partial charge is 0.229 e. The van der Waals surface area contributed by atoms with Gasteiger partial charge in [-0.1, -0.05) is 11.3 Å². The molecule has 1 N–H and O–H groups in total. The van der Waals surface area contributed by atoms with Crippen molar-refractivity contribution in [1.82, 2.24) is 19.9 Å². The number of carbonyl (C=O) groups is 2. The third kappa shape index (κ3) is 4.40. The van der Waals surface area contributed by atoms with Crippen LogP contribution in [-0.4, -0.2) is 46.0 Å². The molecule has 2 amide bonds. The first-order chi connectivity index (χ1) is 14.1. The molecule has 29 heavy (non-hydrogen) atoms. The fourth-order valence-corrected chi connectivity index (χ4v) is 4.39. The Bertz CT molecular complexity index is 1000. The van der Waals surface area contributed by atoms with E-state index >= 15 is 0 Å². The van der Waals surface area contributed by atoms with Gasteiger partial charge in [-0.3, -0.25) is 14.5 Å². The van der Waals surface area contributed by atoms with Crippen LogP contribution in [0.4, 0.5) is 5.13 Å². The first kappa shape index (κ1) is 19.4. The molecule has 1 saturated heterocycles. The second kappa shape index (κ2) is 8.60. The van der Waals surface area contributed by atoms with E-state index in [1.54, 1.807) is 17.4 Å². The van der Waals surface area contributed by atoms with Gasteiger partial charge >= 0.3 is 0 Å². The fraction of sp³-hybridized carbons (Fsp3) is 0.400. The molecule has 1 aromatic carbocycles. The molecule has 1 fully saturated rings. The Morgan fingerprint density at radius 1 is 1.41 bits per heavy atom. The van der Waals surface area contributed by atoms with Crippen LogP contribution in [0.3, 0.4) is 0 Å². The molecule has 4 rings (SSSR count). The van der Waals surface area contributed by atoms with Crippen molar-refractivity contribution in [2.45, 2.75) is 26.3 Å². The average Bonchev–Trinajstić information content (AvgIpc) is 3.44. The van der Waals surface area contributed by atoms with E-state index in [0.29, 0.717) is 24.8 Å². The van der Waals surface area contributed by atoms with Crippen molar-refractivity contribution in [1.29, 1.82) is 0 Å². The summed E-state index contributed by atoms with van der Waals surface area (Å²) in [6.45, 7) is 4.27. The number of hydrogen-bond acceptors (Lipinski definition) is 6. The molecular formula is C20H23N5O3S. The number of aromatic nitrogens is 3. The number of nitrogens with one attached hydrogen (secondary N) is 1. The summed E-state index contributed by atoms with van der Waals surface area (Å²) in [6, 6.07) is 5.71. The number of thiazole rings is 1. The number of rotatable bonds is 8. The first-order valence-electron chi connectivity index (χ1n) is 9.71. The molecule has 152 valence electrons. The minimum absolute atomic E-state index is 0.0624. The van der Waals surface area contributed by atoms with Crippen LogP contribution < -0.4 is 15.0 Å². The Hall–Kier alpha value is -2.94. The van der Waals surface area contributed by atoms with Crippen molar-refractivity contribution in [3.8, 4) is 5.75 Å². The van der Waals surface area contributed by atoms with Crippen LogP contribution in [0.25, 0.3) is 10.2 Å². The number of anilines is 1. The second-order valence-corrected chi connectivity index (χ2v) is 7.92. The number of hydrogen-bond donors (Lipinski definition) is 1. The van der Waals surface area contributed by atoms with Gasteiger partial charge in [0.1, 0.15) is 5.75 Å². The van der Waals surface area contributed by atoms with Gasteiger partial charge in [0.15, 0.2) is 5.13 Å². The number of benzene rings is 1. The van der Waals surface area contributed by atoms with E-state index in [4.69, 9.17) is 4.74 Å². The van der Waals surface area contributed by atoms with Crippen molar-refractivity contribution in [3.05, 3.63) is 36.9 Å². The number of imidazole rings is 1. The molecule has 8 nitrogen and oxygen atoms in total. The van der Waals surface area contributed by atoms with Crippen molar-refractivity contribution in [2.24, 2.45) is 5.92 Å². The van der Waals surface area contributed by atoms with E-state index in [-0.39, 0.29) is 24.2 Å². The Kier molecular flexibility index (Phi) is 5.75. The molecule has 1 atom stereocenters. The number of ether oxygens (including phenoxy) is 1. The molecular weight excluding hydrogens is 390 g/mol. The van der Waals surface area contributed by atoms with Crippen LogP contribution in [0.5, 0.6) is 5.75 Å². The molecule has 1 unspecified atom stereocenters. The number of carbonyl (C=O) groups excluding carboxylic acids is 2. The maximum absolute atomic E-state index is 12.5. The zero-order valence-electron chi connectivity index (χ0n) is 16.2. The van der Waals surface area contributed by atoms with Gasteiger partial charge in [0.2, 0.25) is 11.8 Å². The molecule has 1 aliphatic heterocycles. The predicted molar refractivity (Wildman–Crippen MR) is 111 cm³/mol. The van der Waals surface area contributed by atoms with Crippen molar-refractivity contribution in [3.63, 3.8) is 0 Å². The Morgan fingerprint density at radius 3 is 3.10 bits per heavy atom. The number of nitrogens with zero attached hydrogens (tertiary/aromatic N) is 4. The number of fused-ring (bicyclic) bond motifs is 1. The molecule has 2 aromatic heterocycles. The fourth-order valence-electron chi connectivity index (χ4n) is 3.37. The molecule has 9 heteroatoms. The lowest BCUT2D eigenvalue weighted by Crippen LogP contribution is -2.33. The summed E-state index contributed by atoms with van der Waals surface area (Å²) >= 11 is 1.45. The summed E-state index contributed by atoms with van der Waals surface area (Å²) in [7, 11) is 0. The van der Waals surface area contributed by atoms with Crippen molar-refractivity contribution >= 4 is 38.5 Å². The highest BCUT2D eigenvalue weighted by Gasteiger charge is 2.36. The van der Waals surface area contributed by atoms with Crippen LogP contribution in [0.2, 0.25) is 0 Å². The van der Waals surface area contributed by atoms with Gasteiger partial charge in [-0.25, -0.2) is 9.97 Å². The van der Waals surface area contributed by atoms with Crippen LogP contribution in [0.1, 0.15) is 19.8 Å². The monoisotopic (exact) mass is 413 g/mol. The van der Waals surface area contributed by atoms with E-state index in [9.17, 15) is 9.59 Å². The largest absolute Gasteiger partial charge is 0.494 e. The standard InChI is InChI=1S/C20H23N5O3S/c1-2-28-15-4-5-16-17(11-15)29-20(23-16)25-12-14(10-18(25)26)19(27)22-6-3-8-24-9-7-21-13-24/h4-5,7,9,11,13-14H,2-3,6,8,10,12H2,1H3,(H,22,27). The van der Waals surface area contributed by atoms with Gasteiger partial charge < -0.3 is 14.6 Å². The van der Waals surface area contributed by atoms with Gasteiger partial charge in [-0.15, -0.1) is 0 Å². The Morgan fingerprint density at radius 2 is 2.31 bits per heavy atom. The van der Waals surface area contributed by atoms with Crippen molar-refractivity contribution in [2.75, 3.05) is 24.6 Å².